The predicted molar refractivity (Wildman–Crippen MR) is 85.8 cm³/mol. The maximum atomic E-state index is 11.3. The van der Waals surface area contributed by atoms with Gasteiger partial charge < -0.3 is 5.32 Å². The molecule has 1 unspecified atom stereocenters. The summed E-state index contributed by atoms with van der Waals surface area (Å²) in [6.07, 6.45) is 5.83. The molecule has 1 N–H and O–H groups in total. The molecule has 0 fully saturated rings. The zero-order valence-corrected chi connectivity index (χ0v) is 13.8. The molecule has 0 aliphatic heterocycles. The molecule has 1 atom stereocenters. The topological polar surface area (TPSA) is 73.0 Å². The zero-order valence-electron chi connectivity index (χ0n) is 13.8. The van der Waals surface area contributed by atoms with E-state index in [1.807, 2.05) is 13.8 Å². The Balaban J connectivity index is 2.82. The van der Waals surface area contributed by atoms with Crippen molar-refractivity contribution in [2.24, 2.45) is 0 Å². The largest absolute Gasteiger partial charge is 0.362 e. The molecule has 1 heterocycles. The van der Waals surface area contributed by atoms with Crippen LogP contribution in [0.2, 0.25) is 0 Å². The summed E-state index contributed by atoms with van der Waals surface area (Å²) in [6, 6.07) is 0.293. The van der Waals surface area contributed by atoms with E-state index < -0.39 is 0 Å². The molecule has 6 heteroatoms. The molecule has 1 aromatic heterocycles. The van der Waals surface area contributed by atoms with Gasteiger partial charge in [-0.15, -0.1) is 0 Å². The third-order valence-corrected chi connectivity index (χ3v) is 3.60. The number of aromatic nitrogens is 2. The van der Waals surface area contributed by atoms with Crippen LogP contribution in [-0.2, 0) is 0 Å². The molecule has 1 aromatic rings. The summed E-state index contributed by atoms with van der Waals surface area (Å²) in [7, 11) is 0. The molecule has 0 saturated heterocycles. The predicted octanol–water partition coefficient (Wildman–Crippen LogP) is 4.45. The van der Waals surface area contributed by atoms with Crippen molar-refractivity contribution in [3.63, 3.8) is 0 Å². The van der Waals surface area contributed by atoms with E-state index in [0.717, 1.165) is 12.8 Å². The third-order valence-electron chi connectivity index (χ3n) is 3.60. The molecule has 0 aliphatic rings. The normalized spacial score (nSPS) is 12.7. The molecule has 21 heavy (non-hydrogen) atoms. The fourth-order valence-electron chi connectivity index (χ4n) is 2.45. The Morgan fingerprint density at radius 3 is 2.48 bits per heavy atom. The standard InChI is InChI=1S/C15H28N4O2/c1-6-7-8-9-10-12(4)16-15-14(19(20)21)13(5)17-18(15)11(2)3/h11-12,16H,6-10H2,1-5H3. The molecular formula is C15H28N4O2. The SMILES string of the molecule is CCCCCCC(C)Nc1c([N+](=O)[O-])c(C)nn1C(C)C. The van der Waals surface area contributed by atoms with E-state index in [1.165, 1.54) is 19.3 Å². The van der Waals surface area contributed by atoms with Crippen LogP contribution < -0.4 is 5.32 Å². The van der Waals surface area contributed by atoms with Crippen LogP contribution in [0, 0.1) is 17.0 Å². The quantitative estimate of drug-likeness (QED) is 0.415. The lowest BCUT2D eigenvalue weighted by molar-refractivity contribution is -0.384. The second kappa shape index (κ2) is 8.00. The summed E-state index contributed by atoms with van der Waals surface area (Å²) >= 11 is 0. The molecule has 0 spiro atoms. The van der Waals surface area contributed by atoms with Gasteiger partial charge in [0.25, 0.3) is 0 Å². The van der Waals surface area contributed by atoms with Gasteiger partial charge in [-0.2, -0.15) is 5.10 Å². The summed E-state index contributed by atoms with van der Waals surface area (Å²) in [5.41, 5.74) is 0.568. The lowest BCUT2D eigenvalue weighted by Crippen LogP contribution is -2.19. The van der Waals surface area contributed by atoms with Crippen LogP contribution in [-0.4, -0.2) is 20.7 Å². The molecule has 6 nitrogen and oxygen atoms in total. The second-order valence-electron chi connectivity index (χ2n) is 5.97. The van der Waals surface area contributed by atoms with Gasteiger partial charge >= 0.3 is 5.69 Å². The maximum Gasteiger partial charge on any atom is 0.333 e. The van der Waals surface area contributed by atoms with Crippen molar-refractivity contribution in [2.75, 3.05) is 5.32 Å². The number of hydrogen-bond acceptors (Lipinski definition) is 4. The minimum Gasteiger partial charge on any atom is -0.362 e. The average molecular weight is 296 g/mol. The van der Waals surface area contributed by atoms with E-state index in [2.05, 4.69) is 24.3 Å². The van der Waals surface area contributed by atoms with Gasteiger partial charge in [0.2, 0.25) is 5.82 Å². The molecule has 0 aliphatic carbocycles. The minimum absolute atomic E-state index is 0.0900. The highest BCUT2D eigenvalue weighted by molar-refractivity contribution is 5.60. The average Bonchev–Trinajstić information content (AvgIpc) is 2.71. The van der Waals surface area contributed by atoms with E-state index in [1.54, 1.807) is 11.6 Å². The number of rotatable bonds is 9. The van der Waals surface area contributed by atoms with Crippen molar-refractivity contribution in [1.29, 1.82) is 0 Å². The molecule has 0 bridgehead atoms. The van der Waals surface area contributed by atoms with Gasteiger partial charge in [-0.25, -0.2) is 4.68 Å². The number of hydrogen-bond donors (Lipinski definition) is 1. The lowest BCUT2D eigenvalue weighted by atomic mass is 10.1. The van der Waals surface area contributed by atoms with Gasteiger partial charge in [0.15, 0.2) is 0 Å². The van der Waals surface area contributed by atoms with Gasteiger partial charge in [-0.3, -0.25) is 10.1 Å². The third kappa shape index (κ3) is 4.72. The van der Waals surface area contributed by atoms with Gasteiger partial charge in [0.05, 0.1) is 4.92 Å². The monoisotopic (exact) mass is 296 g/mol. The zero-order chi connectivity index (χ0) is 16.0. The summed E-state index contributed by atoms with van der Waals surface area (Å²) < 4.78 is 1.72. The van der Waals surface area contributed by atoms with Crippen LogP contribution >= 0.6 is 0 Å². The van der Waals surface area contributed by atoms with Crippen molar-refractivity contribution in [3.8, 4) is 0 Å². The van der Waals surface area contributed by atoms with Crippen LogP contribution in [0.4, 0.5) is 11.5 Å². The van der Waals surface area contributed by atoms with Crippen LogP contribution in [0.15, 0.2) is 0 Å². The Morgan fingerprint density at radius 1 is 1.29 bits per heavy atom. The fourth-order valence-corrected chi connectivity index (χ4v) is 2.45. The number of nitrogens with zero attached hydrogens (tertiary/aromatic N) is 3. The van der Waals surface area contributed by atoms with Crippen molar-refractivity contribution in [3.05, 3.63) is 15.8 Å². The molecule has 0 aromatic carbocycles. The lowest BCUT2D eigenvalue weighted by Gasteiger charge is -2.17. The molecular weight excluding hydrogens is 268 g/mol. The number of nitro groups is 1. The van der Waals surface area contributed by atoms with E-state index >= 15 is 0 Å². The van der Waals surface area contributed by atoms with Crippen molar-refractivity contribution in [2.45, 2.75) is 78.8 Å². The van der Waals surface area contributed by atoms with Crippen molar-refractivity contribution in [1.82, 2.24) is 9.78 Å². The first-order valence-electron chi connectivity index (χ1n) is 7.88. The first kappa shape index (κ1) is 17.5. The number of aryl methyl sites for hydroxylation is 1. The Labute approximate surface area is 127 Å². The maximum absolute atomic E-state index is 11.3. The highest BCUT2D eigenvalue weighted by Crippen LogP contribution is 2.31. The Kier molecular flexibility index (Phi) is 6.65. The van der Waals surface area contributed by atoms with Crippen LogP contribution in [0.25, 0.3) is 0 Å². The van der Waals surface area contributed by atoms with Crippen LogP contribution in [0.5, 0.6) is 0 Å². The molecule has 120 valence electrons. The summed E-state index contributed by atoms with van der Waals surface area (Å²) in [5, 5.41) is 18.9. The molecule has 0 saturated carbocycles. The molecule has 1 rings (SSSR count). The first-order valence-corrected chi connectivity index (χ1v) is 7.88. The first-order chi connectivity index (χ1) is 9.88. The summed E-state index contributed by atoms with van der Waals surface area (Å²) in [5.74, 6) is 0.537. The van der Waals surface area contributed by atoms with Gasteiger partial charge in [-0.05, 0) is 34.1 Å². The Hall–Kier alpha value is -1.59. The summed E-state index contributed by atoms with van der Waals surface area (Å²) in [6.45, 7) is 9.91. The Morgan fingerprint density at radius 2 is 1.95 bits per heavy atom. The summed E-state index contributed by atoms with van der Waals surface area (Å²) in [4.78, 5) is 10.9. The van der Waals surface area contributed by atoms with Gasteiger partial charge in [0.1, 0.15) is 5.69 Å². The van der Waals surface area contributed by atoms with Crippen LogP contribution in [0.1, 0.15) is 71.5 Å². The highest BCUT2D eigenvalue weighted by atomic mass is 16.6. The molecule has 0 amide bonds. The van der Waals surface area contributed by atoms with E-state index in [0.29, 0.717) is 11.5 Å². The second-order valence-corrected chi connectivity index (χ2v) is 5.97. The van der Waals surface area contributed by atoms with Gasteiger partial charge in [0, 0.05) is 12.1 Å². The van der Waals surface area contributed by atoms with Gasteiger partial charge in [-0.1, -0.05) is 32.6 Å². The number of nitrogens with one attached hydrogen (secondary N) is 1. The van der Waals surface area contributed by atoms with Crippen LogP contribution in [0.3, 0.4) is 0 Å². The number of anilines is 1. The smallest absolute Gasteiger partial charge is 0.333 e. The fraction of sp³-hybridized carbons (Fsp3) is 0.800. The number of unbranched alkanes of at least 4 members (excludes halogenated alkanes) is 3. The Bertz CT molecular complexity index is 468. The van der Waals surface area contributed by atoms with Crippen molar-refractivity contribution < 1.29 is 4.92 Å². The highest BCUT2D eigenvalue weighted by Gasteiger charge is 2.27. The minimum atomic E-state index is -0.340. The van der Waals surface area contributed by atoms with E-state index in [4.69, 9.17) is 0 Å². The van der Waals surface area contributed by atoms with Crippen molar-refractivity contribution >= 4 is 11.5 Å². The van der Waals surface area contributed by atoms with E-state index in [9.17, 15) is 10.1 Å². The molecule has 0 radical (unpaired) electrons. The van der Waals surface area contributed by atoms with E-state index in [-0.39, 0.29) is 22.7 Å².